The highest BCUT2D eigenvalue weighted by Gasteiger charge is 2.51. The average Bonchev–Trinajstić information content (AvgIpc) is 3.62. The monoisotopic (exact) mass is 781 g/mol. The highest BCUT2D eigenvalue weighted by atomic mass is 32.2. The van der Waals surface area contributed by atoms with Crippen molar-refractivity contribution >= 4 is 22.5 Å². The number of benzene rings is 8. The summed E-state index contributed by atoms with van der Waals surface area (Å²) in [4.78, 5) is 17.3. The predicted octanol–water partition coefficient (Wildman–Crippen LogP) is 14.2. The third-order valence-electron chi connectivity index (χ3n) is 12.3. The lowest BCUT2D eigenvalue weighted by Crippen LogP contribution is -2.32. The van der Waals surface area contributed by atoms with E-state index in [0.29, 0.717) is 5.82 Å². The van der Waals surface area contributed by atoms with Crippen LogP contribution in [0.15, 0.2) is 222 Å². The van der Waals surface area contributed by atoms with Crippen molar-refractivity contribution in [2.45, 2.75) is 15.2 Å². The standard InChI is InChI=1S/C56H35N3S/c1-3-14-38(15-4-1)51-34-52(59-55(58-51)40-16-5-2-6-17-40)39-30-28-37(29-31-39)41-21-12-26-49-53(41)60-54-45(42-22-11-18-36-32-33-57-35-46(36)42)23-13-27-50(54)56(49)47-24-9-7-19-43(47)44-20-8-10-25-48(44)56/h1-35H. The maximum absolute atomic E-state index is 5.13. The van der Waals surface area contributed by atoms with E-state index in [1.165, 1.54) is 65.2 Å². The summed E-state index contributed by atoms with van der Waals surface area (Å²) >= 11 is 1.90. The Hall–Kier alpha value is -7.40. The summed E-state index contributed by atoms with van der Waals surface area (Å²) in [5, 5.41) is 2.34. The molecule has 0 bridgehead atoms. The summed E-state index contributed by atoms with van der Waals surface area (Å²) in [6, 6.07) is 72.3. The largest absolute Gasteiger partial charge is 0.264 e. The van der Waals surface area contributed by atoms with Gasteiger partial charge in [0, 0.05) is 44.3 Å². The third-order valence-corrected chi connectivity index (χ3v) is 13.6. The molecule has 1 spiro atoms. The lowest BCUT2D eigenvalue weighted by Gasteiger charge is -2.41. The number of hydrogen-bond acceptors (Lipinski definition) is 4. The minimum Gasteiger partial charge on any atom is -0.264 e. The maximum atomic E-state index is 5.13. The van der Waals surface area contributed by atoms with Gasteiger partial charge in [0.25, 0.3) is 0 Å². The van der Waals surface area contributed by atoms with Crippen LogP contribution >= 0.6 is 11.8 Å². The number of nitrogens with zero attached hydrogens (tertiary/aromatic N) is 3. The molecule has 1 aliphatic heterocycles. The van der Waals surface area contributed by atoms with Crippen LogP contribution in [0, 0.1) is 0 Å². The first-order valence-corrected chi connectivity index (χ1v) is 21.2. The van der Waals surface area contributed by atoms with Crippen molar-refractivity contribution in [2.75, 3.05) is 0 Å². The second-order valence-electron chi connectivity index (χ2n) is 15.5. The van der Waals surface area contributed by atoms with Gasteiger partial charge < -0.3 is 0 Å². The van der Waals surface area contributed by atoms with Crippen LogP contribution < -0.4 is 0 Å². The van der Waals surface area contributed by atoms with Gasteiger partial charge in [0.05, 0.1) is 16.8 Å². The van der Waals surface area contributed by atoms with Gasteiger partial charge in [0.15, 0.2) is 5.82 Å². The van der Waals surface area contributed by atoms with Crippen molar-refractivity contribution in [3.63, 3.8) is 0 Å². The number of hydrogen-bond donors (Lipinski definition) is 0. The highest BCUT2D eigenvalue weighted by Crippen LogP contribution is 2.64. The van der Waals surface area contributed by atoms with E-state index in [1.807, 2.05) is 48.4 Å². The van der Waals surface area contributed by atoms with E-state index in [-0.39, 0.29) is 0 Å². The summed E-state index contributed by atoms with van der Waals surface area (Å²) in [5.41, 5.74) is 17.0. The third kappa shape index (κ3) is 5.28. The van der Waals surface area contributed by atoms with E-state index >= 15 is 0 Å². The fraction of sp³-hybridized carbons (Fsp3) is 0.0179. The molecule has 0 saturated heterocycles. The van der Waals surface area contributed by atoms with Crippen molar-refractivity contribution in [3.05, 3.63) is 235 Å². The molecule has 0 radical (unpaired) electrons. The summed E-state index contributed by atoms with van der Waals surface area (Å²) < 4.78 is 0. The molecule has 0 fully saturated rings. The summed E-state index contributed by atoms with van der Waals surface area (Å²) in [6.45, 7) is 0. The molecule has 0 unspecified atom stereocenters. The normalized spacial score (nSPS) is 13.1. The molecular weight excluding hydrogens is 747 g/mol. The molecule has 10 aromatic rings. The van der Waals surface area contributed by atoms with Crippen molar-refractivity contribution in [3.8, 4) is 67.3 Å². The Morgan fingerprint density at radius 1 is 0.367 bits per heavy atom. The molecule has 4 heteroatoms. The first kappa shape index (κ1) is 34.6. The minimum atomic E-state index is -0.513. The van der Waals surface area contributed by atoms with Crippen LogP contribution in [0.3, 0.4) is 0 Å². The first-order valence-electron chi connectivity index (χ1n) is 20.3. The van der Waals surface area contributed by atoms with E-state index in [0.717, 1.165) is 39.0 Å². The molecule has 1 aliphatic carbocycles. The zero-order chi connectivity index (χ0) is 39.6. The van der Waals surface area contributed by atoms with Gasteiger partial charge in [-0.1, -0.05) is 200 Å². The molecule has 2 aliphatic rings. The zero-order valence-electron chi connectivity index (χ0n) is 32.5. The van der Waals surface area contributed by atoms with Crippen LogP contribution in [0.5, 0.6) is 0 Å². The van der Waals surface area contributed by atoms with Crippen molar-refractivity contribution in [2.24, 2.45) is 0 Å². The fourth-order valence-electron chi connectivity index (χ4n) is 9.62. The number of fused-ring (bicyclic) bond motifs is 10. The Balaban J connectivity index is 1.06. The molecule has 60 heavy (non-hydrogen) atoms. The molecule has 8 aromatic carbocycles. The van der Waals surface area contributed by atoms with E-state index in [9.17, 15) is 0 Å². The SMILES string of the molecule is c1ccc(-c2cc(-c3ccc(-c4cccc5c4Sc4c(-c6cccc7ccncc67)cccc4C54c5ccccc5-c5ccccc54)cc3)nc(-c3ccccc3)n2)cc1. The smallest absolute Gasteiger partial charge is 0.160 e. The Bertz CT molecular complexity index is 3180. The average molecular weight is 782 g/mol. The van der Waals surface area contributed by atoms with E-state index in [2.05, 4.69) is 181 Å². The molecule has 0 N–H and O–H groups in total. The van der Waals surface area contributed by atoms with Gasteiger partial charge in [-0.05, 0) is 73.2 Å². The van der Waals surface area contributed by atoms with Crippen LogP contribution in [-0.2, 0) is 5.41 Å². The van der Waals surface area contributed by atoms with Crippen molar-refractivity contribution in [1.82, 2.24) is 15.0 Å². The van der Waals surface area contributed by atoms with E-state index in [1.54, 1.807) is 0 Å². The first-order chi connectivity index (χ1) is 29.8. The van der Waals surface area contributed by atoms with Crippen LogP contribution in [0.4, 0.5) is 0 Å². The summed E-state index contributed by atoms with van der Waals surface area (Å²) in [5.74, 6) is 0.712. The Kier molecular flexibility index (Phi) is 8.00. The lowest BCUT2D eigenvalue weighted by molar-refractivity contribution is 0.724. The summed E-state index contributed by atoms with van der Waals surface area (Å²) in [6.07, 6.45) is 3.89. The molecule has 3 heterocycles. The van der Waals surface area contributed by atoms with Gasteiger partial charge >= 0.3 is 0 Å². The highest BCUT2D eigenvalue weighted by molar-refractivity contribution is 7.99. The number of aromatic nitrogens is 3. The Morgan fingerprint density at radius 2 is 0.867 bits per heavy atom. The maximum Gasteiger partial charge on any atom is 0.160 e. The predicted molar refractivity (Wildman–Crippen MR) is 246 cm³/mol. The molecule has 0 atom stereocenters. The quantitative estimate of drug-likeness (QED) is 0.174. The Labute approximate surface area is 353 Å². The second-order valence-corrected chi connectivity index (χ2v) is 16.5. The van der Waals surface area contributed by atoms with Gasteiger partial charge in [0.1, 0.15) is 0 Å². The molecule has 2 aromatic heterocycles. The van der Waals surface area contributed by atoms with Gasteiger partial charge in [0.2, 0.25) is 0 Å². The number of rotatable bonds is 5. The van der Waals surface area contributed by atoms with Gasteiger partial charge in [-0.15, -0.1) is 0 Å². The van der Waals surface area contributed by atoms with Gasteiger partial charge in [-0.25, -0.2) is 9.97 Å². The topological polar surface area (TPSA) is 38.7 Å². The lowest BCUT2D eigenvalue weighted by atomic mass is 9.66. The zero-order valence-corrected chi connectivity index (χ0v) is 33.3. The van der Waals surface area contributed by atoms with E-state index < -0.39 is 5.41 Å². The van der Waals surface area contributed by atoms with Gasteiger partial charge in [-0.2, -0.15) is 0 Å². The molecule has 12 rings (SSSR count). The van der Waals surface area contributed by atoms with Gasteiger partial charge in [-0.3, -0.25) is 4.98 Å². The van der Waals surface area contributed by atoms with Crippen LogP contribution in [0.2, 0.25) is 0 Å². The Morgan fingerprint density at radius 3 is 1.55 bits per heavy atom. The van der Waals surface area contributed by atoms with Crippen LogP contribution in [-0.4, -0.2) is 15.0 Å². The number of pyridine rings is 1. The van der Waals surface area contributed by atoms with Crippen LogP contribution in [0.1, 0.15) is 22.3 Å². The summed E-state index contributed by atoms with van der Waals surface area (Å²) in [7, 11) is 0. The van der Waals surface area contributed by atoms with Crippen molar-refractivity contribution < 1.29 is 0 Å². The fourth-order valence-corrected chi connectivity index (χ4v) is 11.1. The van der Waals surface area contributed by atoms with Crippen molar-refractivity contribution in [1.29, 1.82) is 0 Å². The van der Waals surface area contributed by atoms with Crippen LogP contribution in [0.25, 0.3) is 78.1 Å². The van der Waals surface area contributed by atoms with E-state index in [4.69, 9.17) is 9.97 Å². The second kappa shape index (κ2) is 13.9. The molecule has 0 amide bonds. The molecule has 280 valence electrons. The molecular formula is C56H35N3S. The molecule has 0 saturated carbocycles. The minimum absolute atomic E-state index is 0.513. The molecule has 3 nitrogen and oxygen atoms in total.